The monoisotopic (exact) mass is 481 g/mol. The molecule has 7 aromatic rings. The zero-order valence-corrected chi connectivity index (χ0v) is 20.9. The molecule has 0 aliphatic heterocycles. The summed E-state index contributed by atoms with van der Waals surface area (Å²) < 4.78 is 3.59. The van der Waals surface area contributed by atoms with Gasteiger partial charge in [0.05, 0.1) is 16.7 Å². The van der Waals surface area contributed by atoms with E-state index in [9.17, 15) is 0 Å². The molecular formula is C32H23N3S. The molecule has 0 radical (unpaired) electrons. The van der Waals surface area contributed by atoms with Crippen LogP contribution in [0.5, 0.6) is 0 Å². The van der Waals surface area contributed by atoms with E-state index < -0.39 is 0 Å². The third-order valence-corrected chi connectivity index (χ3v) is 8.05. The number of thiophene rings is 1. The molecular weight excluding hydrogens is 458 g/mol. The Balaban J connectivity index is 1.60. The van der Waals surface area contributed by atoms with Gasteiger partial charge in [0.25, 0.3) is 0 Å². The summed E-state index contributed by atoms with van der Waals surface area (Å²) in [5.74, 6) is 0.787. The average Bonchev–Trinajstić information content (AvgIpc) is 3.47. The molecule has 3 aromatic heterocycles. The third kappa shape index (κ3) is 3.11. The summed E-state index contributed by atoms with van der Waals surface area (Å²) in [6.45, 7) is 4.12. The molecule has 4 heteroatoms. The highest BCUT2D eigenvalue weighted by molar-refractivity contribution is 7.25. The fourth-order valence-corrected chi connectivity index (χ4v) is 6.19. The minimum absolute atomic E-state index is 0.787. The van der Waals surface area contributed by atoms with Crippen molar-refractivity contribution in [3.05, 3.63) is 109 Å². The molecule has 0 saturated heterocycles. The zero-order chi connectivity index (χ0) is 24.2. The molecule has 0 atom stereocenters. The molecule has 0 fully saturated rings. The molecule has 0 bridgehead atoms. The number of benzene rings is 4. The van der Waals surface area contributed by atoms with Crippen molar-refractivity contribution >= 4 is 59.0 Å². The maximum atomic E-state index is 5.15. The number of aromatic nitrogens is 3. The molecule has 4 aromatic carbocycles. The molecule has 0 aliphatic rings. The molecule has 172 valence electrons. The second-order valence-corrected chi connectivity index (χ2v) is 10.1. The Kier molecular flexibility index (Phi) is 4.76. The largest absolute Gasteiger partial charge is 0.309 e. The van der Waals surface area contributed by atoms with Crippen LogP contribution in [0.4, 0.5) is 0 Å². The Hall–Kier alpha value is -4.28. The predicted octanol–water partition coefficient (Wildman–Crippen LogP) is 9.03. The normalized spacial score (nSPS) is 12.3. The Bertz CT molecular complexity index is 1960. The Morgan fingerprint density at radius 3 is 2.31 bits per heavy atom. The van der Waals surface area contributed by atoms with Gasteiger partial charge in [0.15, 0.2) is 5.82 Å². The first-order valence-corrected chi connectivity index (χ1v) is 13.0. The van der Waals surface area contributed by atoms with Gasteiger partial charge in [0.1, 0.15) is 4.83 Å². The average molecular weight is 482 g/mol. The van der Waals surface area contributed by atoms with Gasteiger partial charge in [-0.2, -0.15) is 0 Å². The zero-order valence-electron chi connectivity index (χ0n) is 20.1. The summed E-state index contributed by atoms with van der Waals surface area (Å²) in [6, 6.07) is 34.5. The highest BCUT2D eigenvalue weighted by Crippen LogP contribution is 2.40. The fraction of sp³-hybridized carbons (Fsp3) is 0.0625. The van der Waals surface area contributed by atoms with Gasteiger partial charge in [-0.15, -0.1) is 11.3 Å². The van der Waals surface area contributed by atoms with Crippen LogP contribution in [0.2, 0.25) is 0 Å². The van der Waals surface area contributed by atoms with Crippen LogP contribution in [0.1, 0.15) is 19.7 Å². The number of fused-ring (bicyclic) bond motifs is 6. The van der Waals surface area contributed by atoms with E-state index in [4.69, 9.17) is 9.97 Å². The van der Waals surface area contributed by atoms with Crippen molar-refractivity contribution in [3.63, 3.8) is 0 Å². The van der Waals surface area contributed by atoms with E-state index in [1.165, 1.54) is 31.9 Å². The summed E-state index contributed by atoms with van der Waals surface area (Å²) in [5, 5.41) is 4.83. The molecule has 36 heavy (non-hydrogen) atoms. The first kappa shape index (κ1) is 21.0. The minimum Gasteiger partial charge on any atom is -0.309 e. The third-order valence-electron chi connectivity index (χ3n) is 6.99. The summed E-state index contributed by atoms with van der Waals surface area (Å²) >= 11 is 1.74. The quantitative estimate of drug-likeness (QED) is 0.252. The molecule has 0 aliphatic carbocycles. The van der Waals surface area contributed by atoms with Crippen molar-refractivity contribution in [1.29, 1.82) is 0 Å². The molecule has 0 spiro atoms. The van der Waals surface area contributed by atoms with Crippen LogP contribution in [0, 0.1) is 0 Å². The molecule has 0 amide bonds. The van der Waals surface area contributed by atoms with Crippen LogP contribution in [0.25, 0.3) is 64.6 Å². The molecule has 0 N–H and O–H groups in total. The molecule has 0 saturated carbocycles. The second kappa shape index (κ2) is 8.14. The standard InChI is InChI=1S/C32H23N3S/c1-3-20(2)31-33-30(29-25-14-8-10-16-28(25)36-32(29)34-31)21-17-18-24-23-13-7-9-15-26(23)35(27(24)19-21)22-11-5-4-6-12-22/h3-19H,1-2H3. The number of hydrogen-bond donors (Lipinski definition) is 0. The van der Waals surface area contributed by atoms with Gasteiger partial charge < -0.3 is 4.57 Å². The summed E-state index contributed by atoms with van der Waals surface area (Å²) in [6.07, 6.45) is 2.08. The van der Waals surface area contributed by atoms with Crippen molar-refractivity contribution in [3.8, 4) is 16.9 Å². The van der Waals surface area contributed by atoms with Crippen molar-refractivity contribution in [2.24, 2.45) is 0 Å². The highest BCUT2D eigenvalue weighted by Gasteiger charge is 2.18. The molecule has 3 heterocycles. The lowest BCUT2D eigenvalue weighted by atomic mass is 10.0. The Morgan fingerprint density at radius 1 is 0.750 bits per heavy atom. The lowest BCUT2D eigenvalue weighted by Gasteiger charge is -2.10. The fourth-order valence-electron chi connectivity index (χ4n) is 5.11. The Labute approximate surface area is 213 Å². The first-order chi connectivity index (χ1) is 17.7. The van der Waals surface area contributed by atoms with E-state index in [1.54, 1.807) is 11.3 Å². The first-order valence-electron chi connectivity index (χ1n) is 12.1. The molecule has 0 unspecified atom stereocenters. The van der Waals surface area contributed by atoms with Crippen LogP contribution in [-0.2, 0) is 0 Å². The van der Waals surface area contributed by atoms with Gasteiger partial charge in [0, 0.05) is 37.5 Å². The number of allylic oxidation sites excluding steroid dienone is 2. The second-order valence-electron chi connectivity index (χ2n) is 9.07. The van der Waals surface area contributed by atoms with E-state index in [0.717, 1.165) is 38.6 Å². The van der Waals surface area contributed by atoms with Gasteiger partial charge >= 0.3 is 0 Å². The number of hydrogen-bond acceptors (Lipinski definition) is 3. The van der Waals surface area contributed by atoms with Crippen LogP contribution in [0.3, 0.4) is 0 Å². The van der Waals surface area contributed by atoms with E-state index in [2.05, 4.69) is 115 Å². The van der Waals surface area contributed by atoms with Crippen LogP contribution < -0.4 is 0 Å². The summed E-state index contributed by atoms with van der Waals surface area (Å²) in [4.78, 5) is 11.1. The van der Waals surface area contributed by atoms with Gasteiger partial charge in [0.2, 0.25) is 0 Å². The predicted molar refractivity (Wildman–Crippen MR) is 154 cm³/mol. The van der Waals surface area contributed by atoms with Crippen molar-refractivity contribution < 1.29 is 0 Å². The minimum atomic E-state index is 0.787. The number of nitrogens with zero attached hydrogens (tertiary/aromatic N) is 3. The van der Waals surface area contributed by atoms with E-state index in [0.29, 0.717) is 0 Å². The van der Waals surface area contributed by atoms with E-state index >= 15 is 0 Å². The van der Waals surface area contributed by atoms with Gasteiger partial charge in [-0.05, 0) is 49.8 Å². The maximum Gasteiger partial charge on any atom is 0.156 e. The van der Waals surface area contributed by atoms with Crippen LogP contribution >= 0.6 is 11.3 Å². The number of para-hydroxylation sites is 2. The van der Waals surface area contributed by atoms with Crippen molar-refractivity contribution in [1.82, 2.24) is 14.5 Å². The SMILES string of the molecule is CC=C(C)c1nc(-c2ccc3c4ccccc4n(-c4ccccc4)c3c2)c2c(n1)sc1ccccc12. The summed E-state index contributed by atoms with van der Waals surface area (Å²) in [5.41, 5.74) is 6.70. The lowest BCUT2D eigenvalue weighted by molar-refractivity contribution is 1.16. The summed E-state index contributed by atoms with van der Waals surface area (Å²) in [7, 11) is 0. The van der Waals surface area contributed by atoms with Gasteiger partial charge in [-0.1, -0.05) is 72.8 Å². The van der Waals surface area contributed by atoms with Gasteiger partial charge in [-0.3, -0.25) is 0 Å². The Morgan fingerprint density at radius 2 is 1.47 bits per heavy atom. The number of rotatable bonds is 3. The smallest absolute Gasteiger partial charge is 0.156 e. The molecule has 7 rings (SSSR count). The van der Waals surface area contributed by atoms with Crippen molar-refractivity contribution in [2.45, 2.75) is 13.8 Å². The molecule has 3 nitrogen and oxygen atoms in total. The lowest BCUT2D eigenvalue weighted by Crippen LogP contribution is -1.96. The van der Waals surface area contributed by atoms with E-state index in [-0.39, 0.29) is 0 Å². The van der Waals surface area contributed by atoms with Crippen molar-refractivity contribution in [2.75, 3.05) is 0 Å². The maximum absolute atomic E-state index is 5.15. The van der Waals surface area contributed by atoms with Crippen LogP contribution in [0.15, 0.2) is 103 Å². The van der Waals surface area contributed by atoms with Crippen LogP contribution in [-0.4, -0.2) is 14.5 Å². The van der Waals surface area contributed by atoms with Gasteiger partial charge in [-0.25, -0.2) is 9.97 Å². The topological polar surface area (TPSA) is 30.7 Å². The highest BCUT2D eigenvalue weighted by atomic mass is 32.1. The van der Waals surface area contributed by atoms with E-state index in [1.807, 2.05) is 6.92 Å².